The van der Waals surface area contributed by atoms with Gasteiger partial charge in [0.2, 0.25) is 5.91 Å². The summed E-state index contributed by atoms with van der Waals surface area (Å²) in [6.07, 6.45) is 11.7. The summed E-state index contributed by atoms with van der Waals surface area (Å²) in [7, 11) is 0. The van der Waals surface area contributed by atoms with E-state index < -0.39 is 0 Å². The molecular formula is C21H26N4O2. The zero-order valence-corrected chi connectivity index (χ0v) is 15.8. The van der Waals surface area contributed by atoms with Crippen LogP contribution in [0.25, 0.3) is 17.1 Å². The number of carbonyl (C=O) groups excluding carboxylic acids is 2. The maximum atomic E-state index is 12.6. The van der Waals surface area contributed by atoms with Gasteiger partial charge in [0, 0.05) is 49.2 Å². The van der Waals surface area contributed by atoms with Gasteiger partial charge in [-0.15, -0.1) is 0 Å². The molecule has 2 aliphatic rings. The fourth-order valence-corrected chi connectivity index (χ4v) is 4.15. The Morgan fingerprint density at radius 1 is 1.19 bits per heavy atom. The monoisotopic (exact) mass is 366 g/mol. The highest BCUT2D eigenvalue weighted by Gasteiger charge is 2.29. The Kier molecular flexibility index (Phi) is 4.97. The Morgan fingerprint density at radius 2 is 1.93 bits per heavy atom. The second kappa shape index (κ2) is 7.55. The molecule has 1 saturated carbocycles. The highest BCUT2D eigenvalue weighted by atomic mass is 16.2. The van der Waals surface area contributed by atoms with E-state index in [1.165, 1.54) is 12.8 Å². The van der Waals surface area contributed by atoms with Gasteiger partial charge in [0.15, 0.2) is 5.78 Å². The first-order chi connectivity index (χ1) is 13.1. The lowest BCUT2D eigenvalue weighted by molar-refractivity contribution is -0.135. The largest absolute Gasteiger partial charge is 0.367 e. The predicted molar refractivity (Wildman–Crippen MR) is 107 cm³/mol. The van der Waals surface area contributed by atoms with Gasteiger partial charge in [-0.25, -0.2) is 4.98 Å². The molecule has 0 aromatic carbocycles. The number of H-pyrrole nitrogens is 1. The zero-order chi connectivity index (χ0) is 18.8. The number of fused-ring (bicyclic) bond motifs is 1. The second-order valence-corrected chi connectivity index (χ2v) is 7.57. The van der Waals surface area contributed by atoms with Gasteiger partial charge >= 0.3 is 0 Å². The van der Waals surface area contributed by atoms with Gasteiger partial charge in [-0.05, 0) is 38.0 Å². The van der Waals surface area contributed by atoms with Crippen LogP contribution in [-0.4, -0.2) is 52.7 Å². The van der Waals surface area contributed by atoms with Crippen LogP contribution in [0.4, 0.5) is 5.69 Å². The summed E-state index contributed by atoms with van der Waals surface area (Å²) in [5.41, 5.74) is 2.84. The van der Waals surface area contributed by atoms with Crippen molar-refractivity contribution in [1.82, 2.24) is 14.9 Å². The minimum Gasteiger partial charge on any atom is -0.367 e. The van der Waals surface area contributed by atoms with Crippen molar-refractivity contribution < 1.29 is 9.59 Å². The molecule has 2 aromatic rings. The molecule has 6 nitrogen and oxygen atoms in total. The van der Waals surface area contributed by atoms with Crippen molar-refractivity contribution in [2.45, 2.75) is 32.6 Å². The molecule has 0 atom stereocenters. The summed E-state index contributed by atoms with van der Waals surface area (Å²) in [6, 6.07) is 2.12. The fourth-order valence-electron chi connectivity index (χ4n) is 4.15. The van der Waals surface area contributed by atoms with Crippen LogP contribution in [0.15, 0.2) is 24.5 Å². The number of anilines is 1. The van der Waals surface area contributed by atoms with Crippen LogP contribution >= 0.6 is 0 Å². The van der Waals surface area contributed by atoms with E-state index in [1.54, 1.807) is 13.0 Å². The number of carbonyl (C=O) groups is 2. The lowest BCUT2D eigenvalue weighted by Gasteiger charge is -2.37. The minimum atomic E-state index is 0.0246. The Labute approximate surface area is 159 Å². The van der Waals surface area contributed by atoms with Crippen LogP contribution in [0, 0.1) is 5.92 Å². The number of nitrogens with zero attached hydrogens (tertiary/aromatic N) is 3. The van der Waals surface area contributed by atoms with Crippen molar-refractivity contribution in [2.75, 3.05) is 31.1 Å². The first-order valence-electron chi connectivity index (χ1n) is 9.81. The first kappa shape index (κ1) is 17.8. The minimum absolute atomic E-state index is 0.0246. The van der Waals surface area contributed by atoms with E-state index in [1.807, 2.05) is 23.4 Å². The van der Waals surface area contributed by atoms with Gasteiger partial charge in [0.05, 0.1) is 11.9 Å². The van der Waals surface area contributed by atoms with Crippen molar-refractivity contribution in [3.63, 3.8) is 0 Å². The number of nitrogens with one attached hydrogen (secondary N) is 1. The van der Waals surface area contributed by atoms with E-state index >= 15 is 0 Å². The van der Waals surface area contributed by atoms with Crippen molar-refractivity contribution in [1.29, 1.82) is 0 Å². The van der Waals surface area contributed by atoms with Gasteiger partial charge in [0.25, 0.3) is 0 Å². The molecule has 0 radical (unpaired) electrons. The molecular weight excluding hydrogens is 340 g/mol. The highest BCUT2D eigenvalue weighted by molar-refractivity contribution is 5.96. The van der Waals surface area contributed by atoms with Gasteiger partial charge in [0.1, 0.15) is 5.65 Å². The second-order valence-electron chi connectivity index (χ2n) is 7.57. The van der Waals surface area contributed by atoms with E-state index in [0.717, 1.165) is 61.3 Å². The van der Waals surface area contributed by atoms with Gasteiger partial charge in [-0.1, -0.05) is 12.8 Å². The lowest BCUT2D eigenvalue weighted by atomic mass is 10.1. The van der Waals surface area contributed by atoms with Crippen LogP contribution in [0.1, 0.15) is 38.2 Å². The number of aromatic nitrogens is 2. The fraction of sp³-hybridized carbons (Fsp3) is 0.476. The maximum absolute atomic E-state index is 12.6. The van der Waals surface area contributed by atoms with Gasteiger partial charge < -0.3 is 14.8 Å². The average molecular weight is 366 g/mol. The Hall–Kier alpha value is -2.63. The number of rotatable bonds is 4. The van der Waals surface area contributed by atoms with Gasteiger partial charge in [-0.3, -0.25) is 9.59 Å². The van der Waals surface area contributed by atoms with Crippen LogP contribution in [0.5, 0.6) is 0 Å². The third kappa shape index (κ3) is 3.75. The summed E-state index contributed by atoms with van der Waals surface area (Å²) in [5, 5.41) is 1.01. The van der Waals surface area contributed by atoms with Crippen LogP contribution in [0.3, 0.4) is 0 Å². The molecule has 142 valence electrons. The van der Waals surface area contributed by atoms with E-state index in [0.29, 0.717) is 5.91 Å². The van der Waals surface area contributed by atoms with Crippen LogP contribution in [-0.2, 0) is 9.59 Å². The Morgan fingerprint density at radius 3 is 2.63 bits per heavy atom. The molecule has 1 amide bonds. The van der Waals surface area contributed by atoms with E-state index in [2.05, 4.69) is 20.9 Å². The Bertz CT molecular complexity index is 871. The topological polar surface area (TPSA) is 69.3 Å². The molecule has 0 spiro atoms. The molecule has 1 saturated heterocycles. The summed E-state index contributed by atoms with van der Waals surface area (Å²) in [4.78, 5) is 35.8. The quantitative estimate of drug-likeness (QED) is 0.845. The smallest absolute Gasteiger partial charge is 0.225 e. The first-order valence-corrected chi connectivity index (χ1v) is 9.81. The molecule has 1 aliphatic heterocycles. The molecule has 0 unspecified atom stereocenters. The maximum Gasteiger partial charge on any atom is 0.225 e. The molecule has 4 rings (SSSR count). The molecule has 0 bridgehead atoms. The number of pyridine rings is 1. The van der Waals surface area contributed by atoms with Crippen LogP contribution < -0.4 is 4.90 Å². The Balaban J connectivity index is 1.46. The number of aromatic amines is 1. The molecule has 27 heavy (non-hydrogen) atoms. The lowest BCUT2D eigenvalue weighted by Crippen LogP contribution is -2.50. The van der Waals surface area contributed by atoms with E-state index in [-0.39, 0.29) is 11.7 Å². The number of ketones is 1. The van der Waals surface area contributed by atoms with Gasteiger partial charge in [-0.2, -0.15) is 0 Å². The summed E-state index contributed by atoms with van der Waals surface area (Å²) in [6.45, 7) is 4.75. The number of amides is 1. The molecule has 3 heterocycles. The SMILES string of the molecule is CC(=O)/C=C/c1c[nH]c2ncc(N3CCN(C(=O)C4CCCC4)CC3)cc12. The molecule has 2 fully saturated rings. The summed E-state index contributed by atoms with van der Waals surface area (Å²) in [5.74, 6) is 0.629. The van der Waals surface area contributed by atoms with Crippen LogP contribution in [0.2, 0.25) is 0 Å². The van der Waals surface area contributed by atoms with Crippen molar-refractivity contribution in [3.05, 3.63) is 30.1 Å². The molecule has 1 N–H and O–H groups in total. The number of allylic oxidation sites excluding steroid dienone is 1. The standard InChI is InChI=1S/C21H26N4O2/c1-15(26)6-7-17-13-22-20-19(17)12-18(14-23-20)24-8-10-25(11-9-24)21(27)16-4-2-3-5-16/h6-7,12-14,16H,2-5,8-11H2,1H3,(H,22,23)/b7-6+. The third-order valence-electron chi connectivity index (χ3n) is 5.71. The summed E-state index contributed by atoms with van der Waals surface area (Å²) >= 11 is 0. The number of hydrogen-bond acceptors (Lipinski definition) is 4. The molecule has 1 aliphatic carbocycles. The van der Waals surface area contributed by atoms with E-state index in [9.17, 15) is 9.59 Å². The highest BCUT2D eigenvalue weighted by Crippen LogP contribution is 2.28. The number of piperazine rings is 1. The molecule has 6 heteroatoms. The normalized spacial score (nSPS) is 18.7. The third-order valence-corrected chi connectivity index (χ3v) is 5.71. The van der Waals surface area contributed by atoms with Crippen molar-refractivity contribution in [3.8, 4) is 0 Å². The zero-order valence-electron chi connectivity index (χ0n) is 15.8. The van der Waals surface area contributed by atoms with Crippen molar-refractivity contribution in [2.24, 2.45) is 5.92 Å². The summed E-state index contributed by atoms with van der Waals surface area (Å²) < 4.78 is 0. The number of hydrogen-bond donors (Lipinski definition) is 1. The van der Waals surface area contributed by atoms with E-state index in [4.69, 9.17) is 0 Å². The average Bonchev–Trinajstić information content (AvgIpc) is 3.35. The molecule has 2 aromatic heterocycles. The predicted octanol–water partition coefficient (Wildman–Crippen LogP) is 3.00. The van der Waals surface area contributed by atoms with Crippen molar-refractivity contribution >= 4 is 34.5 Å².